The van der Waals surface area contributed by atoms with Crippen molar-refractivity contribution in [2.45, 2.75) is 19.8 Å². The molecule has 2 heteroatoms. The summed E-state index contributed by atoms with van der Waals surface area (Å²) in [6, 6.07) is 6.19. The molecule has 0 spiro atoms. The van der Waals surface area contributed by atoms with Gasteiger partial charge in [0, 0.05) is 0 Å². The van der Waals surface area contributed by atoms with Crippen LogP contribution in [0.2, 0.25) is 0 Å². The van der Waals surface area contributed by atoms with Gasteiger partial charge in [-0.1, -0.05) is 41.8 Å². The van der Waals surface area contributed by atoms with Gasteiger partial charge in [0.25, 0.3) is 0 Å². The van der Waals surface area contributed by atoms with Gasteiger partial charge in [0.15, 0.2) is 0 Å². The second kappa shape index (κ2) is 6.26. The molecule has 1 aromatic rings. The molecule has 0 aromatic heterocycles. The Morgan fingerprint density at radius 3 is 2.29 bits per heavy atom. The van der Waals surface area contributed by atoms with E-state index in [4.69, 9.17) is 0 Å². The van der Waals surface area contributed by atoms with Gasteiger partial charge in [-0.05, 0) is 4.47 Å². The molecule has 0 bridgehead atoms. The summed E-state index contributed by atoms with van der Waals surface area (Å²) in [6.07, 6.45) is 0. The first-order valence-electron chi connectivity index (χ1n) is 4.47. The SMILES string of the molecule is [CH2-]c1cc(Br)ccc1C([CH2-])C(C)C.[U+2]. The maximum absolute atomic E-state index is 4.14. The fraction of sp³-hybridized carbons (Fsp3) is 0.333. The average Bonchev–Trinajstić information content (AvgIpc) is 2.03. The molecule has 0 heterocycles. The standard InChI is InChI=1S/C12H15Br.U/c1-8(2)10(4)12-6-5-11(13)7-9(12)3;/h5-8,10H,3-4H2,1-2H3;/q-2;+2. The van der Waals surface area contributed by atoms with Crippen LogP contribution in [0.15, 0.2) is 22.7 Å². The maximum atomic E-state index is 4.14. The second-order valence-corrected chi connectivity index (χ2v) is 4.61. The molecule has 0 aliphatic heterocycles. The third-order valence-electron chi connectivity index (χ3n) is 2.31. The minimum Gasteiger partial charge on any atom is -0.347 e. The molecule has 1 rings (SSSR count). The zero-order chi connectivity index (χ0) is 10.0. The van der Waals surface area contributed by atoms with E-state index in [2.05, 4.69) is 49.7 Å². The number of rotatable bonds is 2. The third kappa shape index (κ3) is 3.65. The van der Waals surface area contributed by atoms with Gasteiger partial charge in [0.2, 0.25) is 0 Å². The van der Waals surface area contributed by atoms with Gasteiger partial charge >= 0.3 is 31.1 Å². The first-order valence-corrected chi connectivity index (χ1v) is 5.26. The van der Waals surface area contributed by atoms with E-state index in [9.17, 15) is 0 Å². The maximum Gasteiger partial charge on any atom is 2.00 e. The van der Waals surface area contributed by atoms with E-state index in [1.54, 1.807) is 0 Å². The molecule has 1 unspecified atom stereocenters. The van der Waals surface area contributed by atoms with Gasteiger partial charge < -0.3 is 6.92 Å². The molecule has 0 saturated carbocycles. The van der Waals surface area contributed by atoms with E-state index in [0.717, 1.165) is 10.0 Å². The molecule has 0 saturated heterocycles. The first kappa shape index (κ1) is 14.6. The Morgan fingerprint density at radius 1 is 1.29 bits per heavy atom. The van der Waals surface area contributed by atoms with Gasteiger partial charge in [0.05, 0.1) is 0 Å². The molecule has 0 radical (unpaired) electrons. The van der Waals surface area contributed by atoms with E-state index >= 15 is 0 Å². The van der Waals surface area contributed by atoms with E-state index < -0.39 is 0 Å². The zero-order valence-corrected chi connectivity index (χ0v) is 14.4. The van der Waals surface area contributed by atoms with E-state index in [0.29, 0.717) is 11.8 Å². The zero-order valence-electron chi connectivity index (χ0n) is 8.68. The molecular weight excluding hydrogens is 462 g/mol. The van der Waals surface area contributed by atoms with Crippen LogP contribution in [-0.2, 0) is 0 Å². The van der Waals surface area contributed by atoms with Crippen LogP contribution in [-0.4, -0.2) is 0 Å². The minimum atomic E-state index is 0. The quantitative estimate of drug-likeness (QED) is 0.561. The topological polar surface area (TPSA) is 0 Å². The summed E-state index contributed by atoms with van der Waals surface area (Å²) in [5.41, 5.74) is 2.32. The average molecular weight is 477 g/mol. The van der Waals surface area contributed by atoms with Crippen molar-refractivity contribution in [3.63, 3.8) is 0 Å². The minimum absolute atomic E-state index is 0. The number of benzene rings is 1. The Hall–Kier alpha value is 0.622. The first-order chi connectivity index (χ1) is 6.02. The Balaban J connectivity index is 0.00000169. The van der Waals surface area contributed by atoms with E-state index in [1.165, 1.54) is 5.56 Å². The fourth-order valence-electron chi connectivity index (χ4n) is 1.30. The van der Waals surface area contributed by atoms with Crippen LogP contribution in [0.3, 0.4) is 0 Å². The largest absolute Gasteiger partial charge is 2.00 e. The van der Waals surface area contributed by atoms with E-state index in [-0.39, 0.29) is 31.1 Å². The molecule has 74 valence electrons. The van der Waals surface area contributed by atoms with Crippen LogP contribution < -0.4 is 0 Å². The van der Waals surface area contributed by atoms with Crippen LogP contribution in [0.5, 0.6) is 0 Å². The Kier molecular flexibility index (Phi) is 6.54. The van der Waals surface area contributed by atoms with Gasteiger partial charge in [0.1, 0.15) is 0 Å². The van der Waals surface area contributed by atoms with Crippen molar-refractivity contribution in [2.24, 2.45) is 5.92 Å². The normalized spacial score (nSPS) is 12.4. The predicted molar refractivity (Wildman–Crippen MR) is 61.5 cm³/mol. The number of halogens is 1. The van der Waals surface area contributed by atoms with Crippen molar-refractivity contribution in [3.8, 4) is 0 Å². The molecule has 1 atom stereocenters. The smallest absolute Gasteiger partial charge is 0.347 e. The molecule has 0 amide bonds. The van der Waals surface area contributed by atoms with Crippen molar-refractivity contribution < 1.29 is 31.1 Å². The molecule has 0 aliphatic carbocycles. The summed E-state index contributed by atoms with van der Waals surface area (Å²) in [5.74, 6) is 0.891. The van der Waals surface area contributed by atoms with Crippen molar-refractivity contribution in [2.75, 3.05) is 0 Å². The number of hydrogen-bond acceptors (Lipinski definition) is 0. The monoisotopic (exact) mass is 476 g/mol. The molecule has 14 heavy (non-hydrogen) atoms. The van der Waals surface area contributed by atoms with Gasteiger partial charge in [-0.25, -0.2) is 0 Å². The van der Waals surface area contributed by atoms with Crippen LogP contribution in [0.25, 0.3) is 0 Å². The summed E-state index contributed by atoms with van der Waals surface area (Å²) in [7, 11) is 0. The fourth-order valence-corrected chi connectivity index (χ4v) is 1.70. The number of hydrogen-bond donors (Lipinski definition) is 0. The van der Waals surface area contributed by atoms with Crippen LogP contribution in [0.4, 0.5) is 0 Å². The van der Waals surface area contributed by atoms with Crippen molar-refractivity contribution >= 4 is 15.9 Å². The van der Waals surface area contributed by atoms with Gasteiger partial charge in [-0.2, -0.15) is 24.0 Å². The molecule has 0 aliphatic rings. The van der Waals surface area contributed by atoms with Gasteiger partial charge in [-0.3, -0.25) is 0 Å². The molecular formula is C12H15BrU. The van der Waals surface area contributed by atoms with Crippen molar-refractivity contribution in [3.05, 3.63) is 47.6 Å². The summed E-state index contributed by atoms with van der Waals surface area (Å²) in [4.78, 5) is 0. The van der Waals surface area contributed by atoms with Gasteiger partial charge in [-0.15, -0.1) is 12.1 Å². The molecule has 1 aromatic carbocycles. The third-order valence-corrected chi connectivity index (χ3v) is 2.80. The summed E-state index contributed by atoms with van der Waals surface area (Å²) in [5, 5.41) is 0. The predicted octanol–water partition coefficient (Wildman–Crippen LogP) is 4.20. The van der Waals surface area contributed by atoms with Crippen molar-refractivity contribution in [1.82, 2.24) is 0 Å². The Morgan fingerprint density at radius 2 is 1.86 bits per heavy atom. The van der Waals surface area contributed by atoms with Crippen molar-refractivity contribution in [1.29, 1.82) is 0 Å². The summed E-state index contributed by atoms with van der Waals surface area (Å²) < 4.78 is 1.08. The molecule has 0 fully saturated rings. The summed E-state index contributed by atoms with van der Waals surface area (Å²) in [6.45, 7) is 12.5. The van der Waals surface area contributed by atoms with Crippen LogP contribution >= 0.6 is 15.9 Å². The molecule has 0 N–H and O–H groups in total. The summed E-state index contributed by atoms with van der Waals surface area (Å²) >= 11 is 3.42. The second-order valence-electron chi connectivity index (χ2n) is 3.69. The Labute approximate surface area is 119 Å². The molecule has 0 nitrogen and oxygen atoms in total. The van der Waals surface area contributed by atoms with E-state index in [1.807, 2.05) is 12.1 Å². The Bertz CT molecular complexity index is 294. The van der Waals surface area contributed by atoms with Crippen LogP contribution in [0.1, 0.15) is 30.9 Å². The van der Waals surface area contributed by atoms with Crippen LogP contribution in [0, 0.1) is 50.9 Å².